The minimum atomic E-state index is 0.915. The highest BCUT2D eigenvalue weighted by Crippen LogP contribution is 2.19. The molecule has 2 aromatic heterocycles. The molecule has 3 rings (SSSR count). The van der Waals surface area contributed by atoms with Crippen molar-refractivity contribution in [2.75, 3.05) is 0 Å². The molecule has 0 bridgehead atoms. The van der Waals surface area contributed by atoms with Gasteiger partial charge in [-0.1, -0.05) is 30.3 Å². The molecule has 92 valence electrons. The van der Waals surface area contributed by atoms with E-state index in [0.29, 0.717) is 0 Å². The Balaban J connectivity index is 1.86. The minimum Gasteiger partial charge on any atom is -0.257 e. The highest BCUT2D eigenvalue weighted by molar-refractivity contribution is 6.99. The normalized spacial score (nSPS) is 10.9. The Kier molecular flexibility index (Phi) is 3.42. The van der Waals surface area contributed by atoms with Crippen molar-refractivity contribution >= 4 is 23.9 Å². The summed E-state index contributed by atoms with van der Waals surface area (Å²) in [6, 6.07) is 14.1. The number of aromatic nitrogens is 3. The molecule has 0 amide bonds. The van der Waals surface area contributed by atoms with Crippen LogP contribution in [0.5, 0.6) is 0 Å². The topological polar surface area (TPSA) is 38.7 Å². The third-order valence-corrected chi connectivity index (χ3v) is 3.16. The first-order chi connectivity index (χ1) is 9.42. The van der Waals surface area contributed by atoms with Crippen LogP contribution in [0.15, 0.2) is 54.9 Å². The van der Waals surface area contributed by atoms with Crippen LogP contribution in [-0.2, 0) is 0 Å². The van der Waals surface area contributed by atoms with Gasteiger partial charge in [0.15, 0.2) is 0 Å². The number of nitrogens with zero attached hydrogens (tertiary/aromatic N) is 3. The van der Waals surface area contributed by atoms with Gasteiger partial charge < -0.3 is 0 Å². The monoisotopic (exact) mass is 265 g/mol. The smallest absolute Gasteiger partial charge is 0.104 e. The van der Waals surface area contributed by atoms with Crippen molar-refractivity contribution in [2.45, 2.75) is 0 Å². The summed E-state index contributed by atoms with van der Waals surface area (Å²) in [4.78, 5) is 4.26. The summed E-state index contributed by atoms with van der Waals surface area (Å²) in [7, 11) is 0. The highest BCUT2D eigenvalue weighted by Gasteiger charge is 2.00. The van der Waals surface area contributed by atoms with E-state index in [1.165, 1.54) is 11.7 Å². The van der Waals surface area contributed by atoms with Crippen LogP contribution in [0, 0.1) is 0 Å². The number of hydrogen-bond donors (Lipinski definition) is 0. The van der Waals surface area contributed by atoms with Gasteiger partial charge in [-0.3, -0.25) is 4.98 Å². The summed E-state index contributed by atoms with van der Waals surface area (Å²) in [5.74, 6) is 0. The summed E-state index contributed by atoms with van der Waals surface area (Å²) >= 11 is 1.22. The molecule has 0 aliphatic heterocycles. The lowest BCUT2D eigenvalue weighted by Gasteiger charge is -1.98. The van der Waals surface area contributed by atoms with Crippen LogP contribution in [0.3, 0.4) is 0 Å². The Morgan fingerprint density at radius 2 is 2.00 bits per heavy atom. The molecule has 2 heterocycles. The van der Waals surface area contributed by atoms with Gasteiger partial charge in [0, 0.05) is 11.8 Å². The zero-order valence-corrected chi connectivity index (χ0v) is 10.9. The van der Waals surface area contributed by atoms with E-state index in [-0.39, 0.29) is 0 Å². The van der Waals surface area contributed by atoms with Gasteiger partial charge >= 0.3 is 0 Å². The fourth-order valence-corrected chi connectivity index (χ4v) is 2.18. The average molecular weight is 265 g/mol. The highest BCUT2D eigenvalue weighted by atomic mass is 32.1. The van der Waals surface area contributed by atoms with E-state index in [1.54, 1.807) is 12.4 Å². The second kappa shape index (κ2) is 5.54. The van der Waals surface area contributed by atoms with Crippen LogP contribution in [0.1, 0.15) is 11.3 Å². The van der Waals surface area contributed by atoms with Gasteiger partial charge in [-0.25, -0.2) is 0 Å². The fourth-order valence-electron chi connectivity index (χ4n) is 1.75. The largest absolute Gasteiger partial charge is 0.257 e. The molecule has 4 heteroatoms. The van der Waals surface area contributed by atoms with Crippen LogP contribution in [0.4, 0.5) is 0 Å². The SMILES string of the molecule is C(=Cc1ccccn1)c1cccc(-c2cnsn2)c1. The van der Waals surface area contributed by atoms with Crippen molar-refractivity contribution in [1.82, 2.24) is 13.7 Å². The molecule has 3 aromatic rings. The molecule has 0 atom stereocenters. The molecule has 0 N–H and O–H groups in total. The zero-order valence-electron chi connectivity index (χ0n) is 10.1. The lowest BCUT2D eigenvalue weighted by atomic mass is 10.1. The summed E-state index contributed by atoms with van der Waals surface area (Å²) in [5, 5.41) is 0. The van der Waals surface area contributed by atoms with Gasteiger partial charge in [0.25, 0.3) is 0 Å². The molecule has 1 aromatic carbocycles. The molecular formula is C15H11N3S. The number of hydrogen-bond acceptors (Lipinski definition) is 4. The van der Waals surface area contributed by atoms with E-state index in [2.05, 4.69) is 25.9 Å². The quantitative estimate of drug-likeness (QED) is 0.723. The molecular weight excluding hydrogens is 254 g/mol. The van der Waals surface area contributed by atoms with Gasteiger partial charge in [-0.05, 0) is 29.8 Å². The summed E-state index contributed by atoms with van der Waals surface area (Å²) in [6.07, 6.45) is 7.62. The van der Waals surface area contributed by atoms with E-state index in [1.807, 2.05) is 42.5 Å². The minimum absolute atomic E-state index is 0.915. The van der Waals surface area contributed by atoms with E-state index >= 15 is 0 Å². The lowest BCUT2D eigenvalue weighted by molar-refractivity contribution is 1.30. The van der Waals surface area contributed by atoms with Gasteiger partial charge in [0.1, 0.15) is 5.69 Å². The molecule has 3 nitrogen and oxygen atoms in total. The number of benzene rings is 1. The summed E-state index contributed by atoms with van der Waals surface area (Å²) in [6.45, 7) is 0. The van der Waals surface area contributed by atoms with E-state index in [9.17, 15) is 0 Å². The van der Waals surface area contributed by atoms with Crippen molar-refractivity contribution in [2.24, 2.45) is 0 Å². The molecule has 0 spiro atoms. The molecule has 0 radical (unpaired) electrons. The van der Waals surface area contributed by atoms with Crippen molar-refractivity contribution in [3.8, 4) is 11.3 Å². The Hall–Kier alpha value is -2.33. The van der Waals surface area contributed by atoms with Crippen LogP contribution in [0.2, 0.25) is 0 Å². The second-order valence-electron chi connectivity index (χ2n) is 4.01. The number of pyridine rings is 1. The van der Waals surface area contributed by atoms with Crippen LogP contribution in [-0.4, -0.2) is 13.7 Å². The van der Waals surface area contributed by atoms with Crippen LogP contribution >= 0.6 is 11.7 Å². The standard InChI is InChI=1S/C15H11N3S/c1-2-9-16-14(6-1)8-7-12-4-3-5-13(10-12)15-11-17-19-18-15/h1-11H. The predicted molar refractivity (Wildman–Crippen MR) is 78.5 cm³/mol. The molecule has 0 aliphatic carbocycles. The third-order valence-electron chi connectivity index (χ3n) is 2.68. The summed E-state index contributed by atoms with van der Waals surface area (Å²) < 4.78 is 8.26. The molecule has 0 aliphatic rings. The van der Waals surface area contributed by atoms with Gasteiger partial charge in [0.2, 0.25) is 0 Å². The maximum Gasteiger partial charge on any atom is 0.104 e. The first-order valence-electron chi connectivity index (χ1n) is 5.89. The molecule has 0 unspecified atom stereocenters. The maximum atomic E-state index is 4.26. The molecule has 0 fully saturated rings. The van der Waals surface area contributed by atoms with Crippen molar-refractivity contribution in [1.29, 1.82) is 0 Å². The zero-order chi connectivity index (χ0) is 12.9. The molecule has 0 saturated heterocycles. The number of rotatable bonds is 3. The third kappa shape index (κ3) is 2.92. The van der Waals surface area contributed by atoms with E-state index in [0.717, 1.165) is 22.5 Å². The Morgan fingerprint density at radius 1 is 1.00 bits per heavy atom. The first kappa shape index (κ1) is 11.7. The van der Waals surface area contributed by atoms with Crippen molar-refractivity contribution in [3.63, 3.8) is 0 Å². The molecule has 0 saturated carbocycles. The fraction of sp³-hybridized carbons (Fsp3) is 0. The Labute approximate surface area is 115 Å². The van der Waals surface area contributed by atoms with Crippen molar-refractivity contribution < 1.29 is 0 Å². The Bertz CT molecular complexity index is 676. The average Bonchev–Trinajstić information content (AvgIpc) is 3.01. The van der Waals surface area contributed by atoms with Crippen molar-refractivity contribution in [3.05, 3.63) is 66.1 Å². The van der Waals surface area contributed by atoms with Crippen LogP contribution in [0.25, 0.3) is 23.4 Å². The van der Waals surface area contributed by atoms with E-state index < -0.39 is 0 Å². The molecule has 19 heavy (non-hydrogen) atoms. The Morgan fingerprint density at radius 3 is 2.79 bits per heavy atom. The predicted octanol–water partition coefficient (Wildman–Crippen LogP) is 3.77. The first-order valence-corrected chi connectivity index (χ1v) is 6.62. The van der Waals surface area contributed by atoms with Gasteiger partial charge in [-0.2, -0.15) is 8.75 Å². The summed E-state index contributed by atoms with van der Waals surface area (Å²) in [5.41, 5.74) is 4.06. The van der Waals surface area contributed by atoms with E-state index in [4.69, 9.17) is 0 Å². The second-order valence-corrected chi connectivity index (χ2v) is 4.56. The lowest BCUT2D eigenvalue weighted by Crippen LogP contribution is -1.80. The van der Waals surface area contributed by atoms with Gasteiger partial charge in [-0.15, -0.1) is 0 Å². The maximum absolute atomic E-state index is 4.26. The van der Waals surface area contributed by atoms with Crippen LogP contribution < -0.4 is 0 Å². The van der Waals surface area contributed by atoms with Gasteiger partial charge in [0.05, 0.1) is 23.6 Å².